The fourth-order valence-electron chi connectivity index (χ4n) is 2.03. The molecule has 0 saturated heterocycles. The van der Waals surface area contributed by atoms with Crippen molar-refractivity contribution >= 4 is 17.9 Å². The molecular weight excluding hydrogens is 260 g/mol. The highest BCUT2D eigenvalue weighted by Crippen LogP contribution is 2.24. The number of aldehydes is 1. The number of hydrogen-bond acceptors (Lipinski definition) is 2. The van der Waals surface area contributed by atoms with Gasteiger partial charge in [0.1, 0.15) is 12.0 Å². The molecule has 0 radical (unpaired) electrons. The minimum Gasteiger partial charge on any atom is -0.497 e. The molecule has 0 fully saturated rings. The summed E-state index contributed by atoms with van der Waals surface area (Å²) in [5, 5.41) is 0.688. The molecule has 0 heterocycles. The maximum atomic E-state index is 11.3. The van der Waals surface area contributed by atoms with Crippen molar-refractivity contribution in [2.45, 2.75) is 12.3 Å². The maximum absolute atomic E-state index is 11.3. The third-order valence-electron chi connectivity index (χ3n) is 3.03. The summed E-state index contributed by atoms with van der Waals surface area (Å²) in [4.78, 5) is 11.3. The second-order valence-corrected chi connectivity index (χ2v) is 4.79. The van der Waals surface area contributed by atoms with Crippen LogP contribution in [0.3, 0.4) is 0 Å². The summed E-state index contributed by atoms with van der Waals surface area (Å²) in [6, 6.07) is 15.2. The van der Waals surface area contributed by atoms with Gasteiger partial charge in [-0.3, -0.25) is 0 Å². The van der Waals surface area contributed by atoms with Gasteiger partial charge in [0.15, 0.2) is 0 Å². The van der Waals surface area contributed by atoms with Crippen LogP contribution < -0.4 is 4.74 Å². The number of halogens is 1. The zero-order valence-corrected chi connectivity index (χ0v) is 11.4. The van der Waals surface area contributed by atoms with Crippen molar-refractivity contribution < 1.29 is 9.53 Å². The fourth-order valence-corrected chi connectivity index (χ4v) is 2.25. The van der Waals surface area contributed by atoms with Crippen LogP contribution in [0.25, 0.3) is 0 Å². The molecule has 2 rings (SSSR count). The Labute approximate surface area is 118 Å². The standard InChI is InChI=1S/C16H15ClO2/c1-19-16-7-3-5-13(10-16)14(11-18)8-12-4-2-6-15(17)9-12/h2-7,9-11,14H,8H2,1H3. The summed E-state index contributed by atoms with van der Waals surface area (Å²) in [5.74, 6) is 0.573. The summed E-state index contributed by atoms with van der Waals surface area (Å²) < 4.78 is 5.18. The van der Waals surface area contributed by atoms with Crippen molar-refractivity contribution in [1.82, 2.24) is 0 Å². The summed E-state index contributed by atoms with van der Waals surface area (Å²) in [6.45, 7) is 0. The van der Waals surface area contributed by atoms with E-state index in [2.05, 4.69) is 0 Å². The van der Waals surface area contributed by atoms with Crippen LogP contribution in [0, 0.1) is 0 Å². The summed E-state index contributed by atoms with van der Waals surface area (Å²) in [5.41, 5.74) is 2.00. The number of carbonyl (C=O) groups is 1. The molecule has 0 aliphatic heterocycles. The summed E-state index contributed by atoms with van der Waals surface area (Å²) >= 11 is 5.96. The van der Waals surface area contributed by atoms with Crippen LogP contribution in [0.15, 0.2) is 48.5 Å². The van der Waals surface area contributed by atoms with E-state index in [4.69, 9.17) is 16.3 Å². The highest BCUT2D eigenvalue weighted by molar-refractivity contribution is 6.30. The Balaban J connectivity index is 2.22. The molecule has 2 aromatic carbocycles. The Morgan fingerprint density at radius 1 is 1.21 bits per heavy atom. The zero-order valence-electron chi connectivity index (χ0n) is 10.7. The molecule has 0 saturated carbocycles. The van der Waals surface area contributed by atoms with Crippen LogP contribution in [0.5, 0.6) is 5.75 Å². The lowest BCUT2D eigenvalue weighted by atomic mass is 9.93. The number of ether oxygens (including phenoxy) is 1. The molecule has 0 aliphatic carbocycles. The van der Waals surface area contributed by atoms with Crippen LogP contribution in [0.1, 0.15) is 17.0 Å². The van der Waals surface area contributed by atoms with Gasteiger partial charge >= 0.3 is 0 Å². The lowest BCUT2D eigenvalue weighted by Crippen LogP contribution is -2.04. The molecule has 0 aliphatic rings. The van der Waals surface area contributed by atoms with Gasteiger partial charge in [-0.05, 0) is 41.8 Å². The van der Waals surface area contributed by atoms with E-state index in [1.807, 2.05) is 48.5 Å². The Bertz CT molecular complexity index is 566. The monoisotopic (exact) mass is 274 g/mol. The average molecular weight is 275 g/mol. The van der Waals surface area contributed by atoms with Gasteiger partial charge in [-0.2, -0.15) is 0 Å². The topological polar surface area (TPSA) is 26.3 Å². The molecule has 0 aromatic heterocycles. The van der Waals surface area contributed by atoms with Crippen molar-refractivity contribution in [2.75, 3.05) is 7.11 Å². The Kier molecular flexibility index (Phi) is 4.58. The maximum Gasteiger partial charge on any atom is 0.127 e. The van der Waals surface area contributed by atoms with Gasteiger partial charge in [-0.25, -0.2) is 0 Å². The predicted octanol–water partition coefficient (Wildman–Crippen LogP) is 3.87. The van der Waals surface area contributed by atoms with Crippen LogP contribution >= 0.6 is 11.6 Å². The lowest BCUT2D eigenvalue weighted by molar-refractivity contribution is -0.109. The summed E-state index contributed by atoms with van der Waals surface area (Å²) in [7, 11) is 1.62. The first-order valence-corrected chi connectivity index (χ1v) is 6.44. The molecule has 0 spiro atoms. The third kappa shape index (κ3) is 3.58. The van der Waals surface area contributed by atoms with E-state index < -0.39 is 0 Å². The van der Waals surface area contributed by atoms with E-state index >= 15 is 0 Å². The van der Waals surface area contributed by atoms with Crippen LogP contribution in [0.4, 0.5) is 0 Å². The SMILES string of the molecule is COc1cccc(C(C=O)Cc2cccc(Cl)c2)c1. The molecule has 98 valence electrons. The number of carbonyl (C=O) groups excluding carboxylic acids is 1. The highest BCUT2D eigenvalue weighted by Gasteiger charge is 2.12. The average Bonchev–Trinajstić information content (AvgIpc) is 2.45. The van der Waals surface area contributed by atoms with Crippen LogP contribution in [-0.4, -0.2) is 13.4 Å². The van der Waals surface area contributed by atoms with E-state index in [0.717, 1.165) is 23.2 Å². The van der Waals surface area contributed by atoms with E-state index in [-0.39, 0.29) is 5.92 Å². The first kappa shape index (κ1) is 13.6. The summed E-state index contributed by atoms with van der Waals surface area (Å²) in [6.07, 6.45) is 1.60. The number of hydrogen-bond donors (Lipinski definition) is 0. The quantitative estimate of drug-likeness (QED) is 0.774. The second-order valence-electron chi connectivity index (χ2n) is 4.35. The number of methoxy groups -OCH3 is 1. The largest absolute Gasteiger partial charge is 0.497 e. The Morgan fingerprint density at radius 2 is 2.00 bits per heavy atom. The van der Waals surface area contributed by atoms with E-state index in [9.17, 15) is 4.79 Å². The van der Waals surface area contributed by atoms with Crippen molar-refractivity contribution in [3.63, 3.8) is 0 Å². The number of rotatable bonds is 5. The minimum atomic E-state index is -0.187. The van der Waals surface area contributed by atoms with Crippen molar-refractivity contribution in [3.8, 4) is 5.75 Å². The van der Waals surface area contributed by atoms with Crippen LogP contribution in [0.2, 0.25) is 5.02 Å². The van der Waals surface area contributed by atoms with Crippen LogP contribution in [-0.2, 0) is 11.2 Å². The Hall–Kier alpha value is -1.80. The van der Waals surface area contributed by atoms with E-state index in [1.54, 1.807) is 7.11 Å². The van der Waals surface area contributed by atoms with Crippen molar-refractivity contribution in [2.24, 2.45) is 0 Å². The van der Waals surface area contributed by atoms with Gasteiger partial charge in [0.25, 0.3) is 0 Å². The van der Waals surface area contributed by atoms with Crippen molar-refractivity contribution in [1.29, 1.82) is 0 Å². The first-order chi connectivity index (χ1) is 9.22. The minimum absolute atomic E-state index is 0.187. The molecule has 0 amide bonds. The molecule has 19 heavy (non-hydrogen) atoms. The van der Waals surface area contributed by atoms with Gasteiger partial charge in [-0.15, -0.1) is 0 Å². The third-order valence-corrected chi connectivity index (χ3v) is 3.27. The van der Waals surface area contributed by atoms with Gasteiger partial charge in [0.2, 0.25) is 0 Å². The van der Waals surface area contributed by atoms with Gasteiger partial charge < -0.3 is 9.53 Å². The molecule has 0 N–H and O–H groups in total. The normalized spacial score (nSPS) is 11.9. The molecule has 1 atom stereocenters. The lowest BCUT2D eigenvalue weighted by Gasteiger charge is -2.12. The van der Waals surface area contributed by atoms with Crippen molar-refractivity contribution in [3.05, 3.63) is 64.7 Å². The second kappa shape index (κ2) is 6.39. The molecule has 2 aromatic rings. The van der Waals surface area contributed by atoms with Gasteiger partial charge in [0.05, 0.1) is 7.11 Å². The number of benzene rings is 2. The Morgan fingerprint density at radius 3 is 2.68 bits per heavy atom. The zero-order chi connectivity index (χ0) is 13.7. The molecule has 3 heteroatoms. The first-order valence-electron chi connectivity index (χ1n) is 6.06. The fraction of sp³-hybridized carbons (Fsp3) is 0.188. The molecule has 1 unspecified atom stereocenters. The molecule has 2 nitrogen and oxygen atoms in total. The van der Waals surface area contributed by atoms with E-state index in [0.29, 0.717) is 11.4 Å². The van der Waals surface area contributed by atoms with Gasteiger partial charge in [-0.1, -0.05) is 35.9 Å². The molecular formula is C16H15ClO2. The predicted molar refractivity (Wildman–Crippen MR) is 77.0 cm³/mol. The van der Waals surface area contributed by atoms with Gasteiger partial charge in [0, 0.05) is 10.9 Å². The molecule has 0 bridgehead atoms. The van der Waals surface area contributed by atoms with E-state index in [1.165, 1.54) is 0 Å². The smallest absolute Gasteiger partial charge is 0.127 e. The highest BCUT2D eigenvalue weighted by atomic mass is 35.5.